The second-order valence-corrected chi connectivity index (χ2v) is 5.71. The number of ether oxygens (including phenoxy) is 1. The molecule has 1 atom stereocenters. The molecule has 1 aromatic carbocycles. The summed E-state index contributed by atoms with van der Waals surface area (Å²) in [6, 6.07) is 8.81. The molecule has 1 fully saturated rings. The van der Waals surface area contributed by atoms with Crippen molar-refractivity contribution in [2.75, 3.05) is 24.6 Å². The molecule has 0 aromatic heterocycles. The second-order valence-electron chi connectivity index (χ2n) is 5.71. The molecule has 1 heterocycles. The van der Waals surface area contributed by atoms with E-state index >= 15 is 0 Å². The normalized spacial score (nSPS) is 22.9. The lowest BCUT2D eigenvalue weighted by Crippen LogP contribution is -2.61. The van der Waals surface area contributed by atoms with Crippen molar-refractivity contribution in [3.8, 4) is 5.75 Å². The van der Waals surface area contributed by atoms with E-state index in [-0.39, 0.29) is 5.54 Å². The van der Waals surface area contributed by atoms with E-state index in [1.54, 1.807) is 0 Å². The van der Waals surface area contributed by atoms with Crippen molar-refractivity contribution in [1.82, 2.24) is 5.32 Å². The fourth-order valence-electron chi connectivity index (χ4n) is 2.81. The molecule has 0 aliphatic carbocycles. The van der Waals surface area contributed by atoms with Gasteiger partial charge in [0.2, 0.25) is 0 Å². The van der Waals surface area contributed by atoms with E-state index in [0.29, 0.717) is 12.6 Å². The van der Waals surface area contributed by atoms with E-state index in [9.17, 15) is 0 Å². The minimum Gasteiger partial charge on any atom is -0.492 e. The Morgan fingerprint density at radius 3 is 2.78 bits per heavy atom. The first-order chi connectivity index (χ1) is 8.52. The van der Waals surface area contributed by atoms with Crippen LogP contribution in [-0.4, -0.2) is 31.3 Å². The van der Waals surface area contributed by atoms with Crippen molar-refractivity contribution >= 4 is 5.69 Å². The molecular formula is C15H24N2O. The quantitative estimate of drug-likeness (QED) is 0.890. The van der Waals surface area contributed by atoms with Gasteiger partial charge in [0.1, 0.15) is 5.75 Å². The molecule has 1 unspecified atom stereocenters. The Hall–Kier alpha value is -1.22. The average molecular weight is 248 g/mol. The lowest BCUT2D eigenvalue weighted by molar-refractivity contribution is 0.296. The average Bonchev–Trinajstić information content (AvgIpc) is 2.27. The van der Waals surface area contributed by atoms with Crippen molar-refractivity contribution in [2.24, 2.45) is 0 Å². The van der Waals surface area contributed by atoms with E-state index in [4.69, 9.17) is 4.74 Å². The predicted octanol–water partition coefficient (Wildman–Crippen LogP) is 2.66. The number of benzene rings is 1. The zero-order valence-electron chi connectivity index (χ0n) is 11.9. The molecule has 1 aromatic rings. The summed E-state index contributed by atoms with van der Waals surface area (Å²) in [6.07, 6.45) is 0. The highest BCUT2D eigenvalue weighted by Gasteiger charge is 2.30. The first-order valence-corrected chi connectivity index (χ1v) is 6.76. The summed E-state index contributed by atoms with van der Waals surface area (Å²) in [5.41, 5.74) is 1.34. The summed E-state index contributed by atoms with van der Waals surface area (Å²) >= 11 is 0. The molecule has 100 valence electrons. The van der Waals surface area contributed by atoms with Crippen LogP contribution in [0.25, 0.3) is 0 Å². The van der Waals surface area contributed by atoms with E-state index < -0.39 is 0 Å². The summed E-state index contributed by atoms with van der Waals surface area (Å²) < 4.78 is 5.73. The fraction of sp³-hybridized carbons (Fsp3) is 0.600. The maximum atomic E-state index is 5.73. The molecule has 0 spiro atoms. The molecule has 1 aliphatic rings. The Morgan fingerprint density at radius 2 is 2.11 bits per heavy atom. The summed E-state index contributed by atoms with van der Waals surface area (Å²) in [7, 11) is 0. The molecule has 2 rings (SSSR count). The zero-order chi connectivity index (χ0) is 13.2. The molecule has 1 saturated heterocycles. The Labute approximate surface area is 110 Å². The SMILES string of the molecule is CCOc1ccccc1N1CC(C)NC(C)(C)C1. The van der Waals surface area contributed by atoms with Crippen LogP contribution in [0.15, 0.2) is 24.3 Å². The van der Waals surface area contributed by atoms with E-state index in [0.717, 1.165) is 18.8 Å². The van der Waals surface area contributed by atoms with Gasteiger partial charge >= 0.3 is 0 Å². The van der Waals surface area contributed by atoms with Gasteiger partial charge in [0.05, 0.1) is 12.3 Å². The van der Waals surface area contributed by atoms with Gasteiger partial charge in [-0.05, 0) is 39.8 Å². The Kier molecular flexibility index (Phi) is 3.81. The number of rotatable bonds is 3. The van der Waals surface area contributed by atoms with Gasteiger partial charge in [-0.2, -0.15) is 0 Å². The van der Waals surface area contributed by atoms with E-state index in [1.807, 2.05) is 13.0 Å². The number of nitrogens with one attached hydrogen (secondary N) is 1. The van der Waals surface area contributed by atoms with Gasteiger partial charge < -0.3 is 15.0 Å². The molecule has 18 heavy (non-hydrogen) atoms. The van der Waals surface area contributed by atoms with Crippen molar-refractivity contribution in [3.63, 3.8) is 0 Å². The number of nitrogens with zero attached hydrogens (tertiary/aromatic N) is 1. The Bertz CT molecular complexity index is 403. The maximum absolute atomic E-state index is 5.73. The summed E-state index contributed by atoms with van der Waals surface area (Å²) in [5.74, 6) is 0.991. The van der Waals surface area contributed by atoms with Crippen LogP contribution in [0.3, 0.4) is 0 Å². The van der Waals surface area contributed by atoms with Gasteiger partial charge in [-0.3, -0.25) is 0 Å². The smallest absolute Gasteiger partial charge is 0.142 e. The number of piperazine rings is 1. The Morgan fingerprint density at radius 1 is 1.39 bits per heavy atom. The van der Waals surface area contributed by atoms with E-state index in [1.165, 1.54) is 5.69 Å². The number of anilines is 1. The molecule has 3 nitrogen and oxygen atoms in total. The number of hydrogen-bond acceptors (Lipinski definition) is 3. The molecule has 1 N–H and O–H groups in total. The minimum atomic E-state index is 0.136. The molecule has 0 amide bonds. The molecule has 0 radical (unpaired) electrons. The van der Waals surface area contributed by atoms with Crippen LogP contribution in [0.1, 0.15) is 27.7 Å². The largest absolute Gasteiger partial charge is 0.492 e. The molecule has 3 heteroatoms. The highest BCUT2D eigenvalue weighted by atomic mass is 16.5. The molecule has 0 saturated carbocycles. The topological polar surface area (TPSA) is 24.5 Å². The first-order valence-electron chi connectivity index (χ1n) is 6.76. The van der Waals surface area contributed by atoms with Gasteiger partial charge in [-0.25, -0.2) is 0 Å². The molecule has 0 bridgehead atoms. The van der Waals surface area contributed by atoms with Gasteiger partial charge in [0.15, 0.2) is 0 Å². The fourth-order valence-corrected chi connectivity index (χ4v) is 2.81. The van der Waals surface area contributed by atoms with Crippen LogP contribution in [0.5, 0.6) is 5.75 Å². The van der Waals surface area contributed by atoms with Crippen LogP contribution in [0.2, 0.25) is 0 Å². The van der Waals surface area contributed by atoms with Crippen LogP contribution >= 0.6 is 0 Å². The van der Waals surface area contributed by atoms with Crippen molar-refractivity contribution in [2.45, 2.75) is 39.3 Å². The van der Waals surface area contributed by atoms with Gasteiger partial charge in [0.25, 0.3) is 0 Å². The van der Waals surface area contributed by atoms with Crippen molar-refractivity contribution in [3.05, 3.63) is 24.3 Å². The third-order valence-electron chi connectivity index (χ3n) is 3.22. The van der Waals surface area contributed by atoms with Crippen LogP contribution in [0, 0.1) is 0 Å². The zero-order valence-corrected chi connectivity index (χ0v) is 11.9. The monoisotopic (exact) mass is 248 g/mol. The molecule has 1 aliphatic heterocycles. The van der Waals surface area contributed by atoms with Gasteiger partial charge in [-0.15, -0.1) is 0 Å². The lowest BCUT2D eigenvalue weighted by atomic mass is 9.98. The van der Waals surface area contributed by atoms with Crippen molar-refractivity contribution < 1.29 is 4.74 Å². The maximum Gasteiger partial charge on any atom is 0.142 e. The summed E-state index contributed by atoms with van der Waals surface area (Å²) in [4.78, 5) is 2.42. The standard InChI is InChI=1S/C15H24N2O/c1-5-18-14-9-7-6-8-13(14)17-10-12(2)16-15(3,4)11-17/h6-9,12,16H,5,10-11H2,1-4H3. The van der Waals surface area contributed by atoms with Crippen molar-refractivity contribution in [1.29, 1.82) is 0 Å². The first kappa shape index (κ1) is 13.2. The number of para-hydroxylation sites is 2. The van der Waals surface area contributed by atoms with Gasteiger partial charge in [0, 0.05) is 24.7 Å². The second kappa shape index (κ2) is 5.19. The third kappa shape index (κ3) is 2.96. The van der Waals surface area contributed by atoms with Crippen LogP contribution < -0.4 is 15.0 Å². The van der Waals surface area contributed by atoms with E-state index in [2.05, 4.69) is 49.2 Å². The van der Waals surface area contributed by atoms with Gasteiger partial charge in [-0.1, -0.05) is 12.1 Å². The Balaban J connectivity index is 2.25. The third-order valence-corrected chi connectivity index (χ3v) is 3.22. The number of hydrogen-bond donors (Lipinski definition) is 1. The highest BCUT2D eigenvalue weighted by Crippen LogP contribution is 2.30. The summed E-state index contributed by atoms with van der Waals surface area (Å²) in [5, 5.41) is 3.62. The van der Waals surface area contributed by atoms with Crippen LogP contribution in [-0.2, 0) is 0 Å². The summed E-state index contributed by atoms with van der Waals surface area (Å²) in [6.45, 7) is 11.5. The molecular weight excluding hydrogens is 224 g/mol. The minimum absolute atomic E-state index is 0.136. The predicted molar refractivity (Wildman–Crippen MR) is 76.5 cm³/mol. The highest BCUT2D eigenvalue weighted by molar-refractivity contribution is 5.59. The van der Waals surface area contributed by atoms with Crippen LogP contribution in [0.4, 0.5) is 5.69 Å². The lowest BCUT2D eigenvalue weighted by Gasteiger charge is -2.44.